The van der Waals surface area contributed by atoms with Gasteiger partial charge in [0.05, 0.1) is 11.1 Å². The van der Waals surface area contributed by atoms with Gasteiger partial charge in [-0.05, 0) is 13.8 Å². The molecule has 0 aromatic carbocycles. The maximum Gasteiger partial charge on any atom is 0.250 e. The van der Waals surface area contributed by atoms with E-state index in [1.807, 2.05) is 27.7 Å². The molecule has 0 unspecified atom stereocenters. The van der Waals surface area contributed by atoms with E-state index in [1.165, 1.54) is 11.1 Å². The summed E-state index contributed by atoms with van der Waals surface area (Å²) < 4.78 is 0. The average molecular weight is 108 g/mol. The fraction of sp³-hybridized carbons (Fsp3) is 0.500. The zero-order valence-electron chi connectivity index (χ0n) is 6.00. The molecule has 0 saturated carbocycles. The minimum atomic E-state index is 1.17. The first-order valence-electron chi connectivity index (χ1n) is 2.75. The third-order valence-electron chi connectivity index (χ3n) is 0.562. The topological polar surface area (TPSA) is 0 Å². The molecular formula is C8H12+. The highest BCUT2D eigenvalue weighted by Gasteiger charge is 1.87. The first-order valence-corrected chi connectivity index (χ1v) is 2.75. The Morgan fingerprint density at radius 2 is 1.62 bits per heavy atom. The predicted molar refractivity (Wildman–Crippen MR) is 36.2 cm³/mol. The molecule has 0 rings (SSSR count). The largest absolute Gasteiger partial charge is 0.250 e. The van der Waals surface area contributed by atoms with E-state index in [4.69, 9.17) is 0 Å². The first-order chi connectivity index (χ1) is 3.63. The summed E-state index contributed by atoms with van der Waals surface area (Å²) in [6.45, 7) is 8.04. The number of hydrogen-bond acceptors (Lipinski definition) is 0. The summed E-state index contributed by atoms with van der Waals surface area (Å²) in [4.78, 5) is 0. The molecule has 0 fully saturated rings. The lowest BCUT2D eigenvalue weighted by Crippen LogP contribution is -1.65. The highest BCUT2D eigenvalue weighted by Crippen LogP contribution is 1.91. The molecule has 0 N–H and O–H groups in total. The van der Waals surface area contributed by atoms with Gasteiger partial charge in [0.15, 0.2) is 0 Å². The van der Waals surface area contributed by atoms with Crippen molar-refractivity contribution in [3.63, 3.8) is 0 Å². The Morgan fingerprint density at radius 1 is 1.12 bits per heavy atom. The molecule has 0 bridgehead atoms. The standard InChI is InChI=1S/C8H12/c1-7(2)5-6-8(3)4/h1-4H3/q+1. The molecular weight excluding hydrogens is 96.1 g/mol. The van der Waals surface area contributed by atoms with Crippen LogP contribution in [0.3, 0.4) is 0 Å². The Balaban J connectivity index is 3.76. The SMILES string of the molecule is CC(C)=[C][C+]=C(C)C. The van der Waals surface area contributed by atoms with E-state index < -0.39 is 0 Å². The molecule has 0 aliphatic heterocycles. The Kier molecular flexibility index (Phi) is 3.14. The van der Waals surface area contributed by atoms with Gasteiger partial charge in [0.1, 0.15) is 6.08 Å². The van der Waals surface area contributed by atoms with Gasteiger partial charge in [0.25, 0.3) is 0 Å². The third kappa shape index (κ3) is 5.39. The molecule has 8 heavy (non-hydrogen) atoms. The van der Waals surface area contributed by atoms with Crippen LogP contribution in [0.1, 0.15) is 27.7 Å². The van der Waals surface area contributed by atoms with Gasteiger partial charge in [-0.25, -0.2) is 0 Å². The monoisotopic (exact) mass is 108 g/mol. The fourth-order valence-electron chi connectivity index (χ4n) is 0.250. The van der Waals surface area contributed by atoms with Crippen LogP contribution >= 0.6 is 0 Å². The van der Waals surface area contributed by atoms with Crippen molar-refractivity contribution in [2.24, 2.45) is 0 Å². The van der Waals surface area contributed by atoms with Gasteiger partial charge in [-0.3, -0.25) is 0 Å². The van der Waals surface area contributed by atoms with E-state index in [0.29, 0.717) is 0 Å². The molecule has 0 heterocycles. The number of hydrogen-bond donors (Lipinski definition) is 0. The molecule has 43 valence electrons. The Hall–Kier alpha value is -0.610. The van der Waals surface area contributed by atoms with Gasteiger partial charge in [-0.2, -0.15) is 0 Å². The highest BCUT2D eigenvalue weighted by atomic mass is 13.8. The predicted octanol–water partition coefficient (Wildman–Crippen LogP) is 2.53. The van der Waals surface area contributed by atoms with Crippen molar-refractivity contribution in [3.8, 4) is 0 Å². The zero-order chi connectivity index (χ0) is 6.57. The van der Waals surface area contributed by atoms with Crippen molar-refractivity contribution in [1.82, 2.24) is 0 Å². The Morgan fingerprint density at radius 3 is 1.75 bits per heavy atom. The van der Waals surface area contributed by atoms with Gasteiger partial charge in [0.2, 0.25) is 6.08 Å². The van der Waals surface area contributed by atoms with Gasteiger partial charge in [0, 0.05) is 13.8 Å². The average Bonchev–Trinajstić information content (AvgIpc) is 1.61. The summed E-state index contributed by atoms with van der Waals surface area (Å²) in [5.74, 6) is 0. The molecule has 0 aromatic heterocycles. The van der Waals surface area contributed by atoms with Crippen molar-refractivity contribution >= 4 is 0 Å². The molecule has 0 aromatic rings. The smallest absolute Gasteiger partial charge is 0.0157 e. The lowest BCUT2D eigenvalue weighted by atomic mass is 10.2. The molecule has 1 radical (unpaired) electrons. The molecule has 0 heteroatoms. The lowest BCUT2D eigenvalue weighted by Gasteiger charge is -1.69. The van der Waals surface area contributed by atoms with Crippen LogP contribution < -0.4 is 0 Å². The fourth-order valence-corrected chi connectivity index (χ4v) is 0.250. The summed E-state index contributed by atoms with van der Waals surface area (Å²) >= 11 is 0. The Labute approximate surface area is 51.9 Å². The van der Waals surface area contributed by atoms with Crippen LogP contribution in [-0.4, -0.2) is 0 Å². The summed E-state index contributed by atoms with van der Waals surface area (Å²) in [7, 11) is 0. The van der Waals surface area contributed by atoms with E-state index in [-0.39, 0.29) is 0 Å². The number of allylic oxidation sites excluding steroid dienone is 4. The quantitative estimate of drug-likeness (QED) is 0.357. The van der Waals surface area contributed by atoms with E-state index in [2.05, 4.69) is 12.2 Å². The first kappa shape index (κ1) is 7.39. The molecule has 0 spiro atoms. The molecule has 0 aliphatic rings. The molecule has 0 nitrogen and oxygen atoms in total. The van der Waals surface area contributed by atoms with E-state index in [9.17, 15) is 0 Å². The van der Waals surface area contributed by atoms with Gasteiger partial charge in [-0.1, -0.05) is 0 Å². The molecule has 0 atom stereocenters. The normalized spacial score (nSPS) is 7.50. The van der Waals surface area contributed by atoms with Gasteiger partial charge in [-0.15, -0.1) is 0 Å². The van der Waals surface area contributed by atoms with Crippen LogP contribution in [0, 0.1) is 12.2 Å². The second-order valence-electron chi connectivity index (χ2n) is 2.25. The van der Waals surface area contributed by atoms with Crippen molar-refractivity contribution in [2.45, 2.75) is 27.7 Å². The second kappa shape index (κ2) is 3.40. The van der Waals surface area contributed by atoms with E-state index in [1.54, 1.807) is 0 Å². The van der Waals surface area contributed by atoms with Crippen molar-refractivity contribution in [1.29, 1.82) is 0 Å². The van der Waals surface area contributed by atoms with Crippen LogP contribution in [0.5, 0.6) is 0 Å². The summed E-state index contributed by atoms with van der Waals surface area (Å²) in [5.41, 5.74) is 2.34. The van der Waals surface area contributed by atoms with E-state index in [0.717, 1.165) is 0 Å². The zero-order valence-corrected chi connectivity index (χ0v) is 6.00. The maximum absolute atomic E-state index is 2.97. The summed E-state index contributed by atoms with van der Waals surface area (Å²) in [5, 5.41) is 0. The molecule has 0 amide bonds. The van der Waals surface area contributed by atoms with E-state index >= 15 is 0 Å². The summed E-state index contributed by atoms with van der Waals surface area (Å²) in [6.07, 6.45) is 5.95. The van der Waals surface area contributed by atoms with Crippen LogP contribution in [0.4, 0.5) is 0 Å². The lowest BCUT2D eigenvalue weighted by molar-refractivity contribution is 1.31. The van der Waals surface area contributed by atoms with Crippen molar-refractivity contribution < 1.29 is 0 Å². The van der Waals surface area contributed by atoms with Crippen LogP contribution in [-0.2, 0) is 0 Å². The van der Waals surface area contributed by atoms with Crippen LogP contribution in [0.2, 0.25) is 0 Å². The minimum absolute atomic E-state index is 1.17. The summed E-state index contributed by atoms with van der Waals surface area (Å²) in [6, 6.07) is 0. The van der Waals surface area contributed by atoms with Crippen molar-refractivity contribution in [2.75, 3.05) is 0 Å². The molecule has 0 aliphatic carbocycles. The maximum atomic E-state index is 2.97. The Bertz CT molecular complexity index is 92.0. The highest BCUT2D eigenvalue weighted by molar-refractivity contribution is 4.99. The minimum Gasteiger partial charge on any atom is -0.0157 e. The van der Waals surface area contributed by atoms with Crippen molar-refractivity contribution in [3.05, 3.63) is 23.3 Å². The van der Waals surface area contributed by atoms with Gasteiger partial charge >= 0.3 is 0 Å². The molecule has 0 saturated heterocycles. The van der Waals surface area contributed by atoms with Crippen LogP contribution in [0.25, 0.3) is 0 Å². The third-order valence-corrected chi connectivity index (χ3v) is 0.562. The van der Waals surface area contributed by atoms with Gasteiger partial charge < -0.3 is 0 Å². The second-order valence-corrected chi connectivity index (χ2v) is 2.25. The van der Waals surface area contributed by atoms with Crippen LogP contribution in [0.15, 0.2) is 11.1 Å². The number of rotatable bonds is 1.